The van der Waals surface area contributed by atoms with Crippen molar-refractivity contribution in [3.05, 3.63) is 30.0 Å². The first-order valence-electron chi connectivity index (χ1n) is 9.12. The van der Waals surface area contributed by atoms with E-state index < -0.39 is 0 Å². The number of nitrogens with zero attached hydrogens (tertiary/aromatic N) is 3. The Bertz CT molecular complexity index is 783. The number of benzene rings is 1. The minimum Gasteiger partial charge on any atom is -0.353 e. The van der Waals surface area contributed by atoms with Crippen LogP contribution >= 0.6 is 11.6 Å². The van der Waals surface area contributed by atoms with Crippen molar-refractivity contribution in [2.24, 2.45) is 7.05 Å². The highest BCUT2D eigenvalue weighted by molar-refractivity contribution is 6.27. The van der Waals surface area contributed by atoms with Crippen LogP contribution in [0, 0.1) is 0 Å². The summed E-state index contributed by atoms with van der Waals surface area (Å²) in [5.41, 5.74) is 1.83. The first kappa shape index (κ1) is 18.7. The lowest BCUT2D eigenvalue weighted by Crippen LogP contribution is -2.38. The fourth-order valence-electron chi connectivity index (χ4n) is 3.57. The summed E-state index contributed by atoms with van der Waals surface area (Å²) in [7, 11) is 1.88. The Morgan fingerprint density at radius 3 is 2.77 bits per heavy atom. The molecule has 26 heavy (non-hydrogen) atoms. The van der Waals surface area contributed by atoms with Gasteiger partial charge in [0, 0.05) is 31.4 Å². The molecular formula is C19H25ClN4O2. The molecule has 2 amide bonds. The van der Waals surface area contributed by atoms with E-state index >= 15 is 0 Å². The number of para-hydroxylation sites is 1. The van der Waals surface area contributed by atoms with E-state index in [1.54, 1.807) is 9.58 Å². The van der Waals surface area contributed by atoms with Crippen molar-refractivity contribution in [1.29, 1.82) is 0 Å². The van der Waals surface area contributed by atoms with Gasteiger partial charge in [-0.05, 0) is 18.9 Å². The quantitative estimate of drug-likeness (QED) is 0.755. The van der Waals surface area contributed by atoms with Crippen LogP contribution in [0.5, 0.6) is 0 Å². The number of fused-ring (bicyclic) bond motifs is 1. The highest BCUT2D eigenvalue weighted by Gasteiger charge is 2.20. The number of rotatable bonds is 7. The largest absolute Gasteiger partial charge is 0.353 e. The van der Waals surface area contributed by atoms with E-state index in [0.717, 1.165) is 29.4 Å². The minimum atomic E-state index is -0.185. The monoisotopic (exact) mass is 376 g/mol. The van der Waals surface area contributed by atoms with Gasteiger partial charge in [0.25, 0.3) is 0 Å². The zero-order valence-electron chi connectivity index (χ0n) is 15.1. The molecule has 1 aromatic carbocycles. The van der Waals surface area contributed by atoms with Crippen LogP contribution in [0.25, 0.3) is 10.9 Å². The van der Waals surface area contributed by atoms with Crippen LogP contribution in [0.15, 0.2) is 24.3 Å². The number of carbonyl (C=O) groups is 2. The van der Waals surface area contributed by atoms with Crippen LogP contribution in [0.3, 0.4) is 0 Å². The summed E-state index contributed by atoms with van der Waals surface area (Å²) >= 11 is 5.77. The van der Waals surface area contributed by atoms with Gasteiger partial charge in [0.2, 0.25) is 11.8 Å². The second-order valence-electron chi connectivity index (χ2n) is 6.84. The molecule has 1 aromatic heterocycles. The standard InChI is InChI=1S/C19H25ClN4O2/c1-23-17-9-5-4-8-15(17)16(22-23)13-24(19(26)12-20)11-10-18(25)21-14-6-2-3-7-14/h4-5,8-9,14H,2-3,6-7,10-13H2,1H3,(H,21,25). The van der Waals surface area contributed by atoms with Crippen LogP contribution in [-0.4, -0.2) is 45.0 Å². The molecule has 7 heteroatoms. The van der Waals surface area contributed by atoms with Gasteiger partial charge in [0.05, 0.1) is 17.8 Å². The van der Waals surface area contributed by atoms with Crippen molar-refractivity contribution < 1.29 is 9.59 Å². The number of aryl methyl sites for hydroxylation is 1. The number of halogens is 1. The lowest BCUT2D eigenvalue weighted by Gasteiger charge is -2.21. The number of alkyl halides is 1. The van der Waals surface area contributed by atoms with Gasteiger partial charge in [-0.3, -0.25) is 14.3 Å². The molecule has 0 bridgehead atoms. The van der Waals surface area contributed by atoms with E-state index in [9.17, 15) is 9.59 Å². The molecule has 0 atom stereocenters. The van der Waals surface area contributed by atoms with Crippen molar-refractivity contribution in [1.82, 2.24) is 20.0 Å². The summed E-state index contributed by atoms with van der Waals surface area (Å²) in [6.45, 7) is 0.693. The highest BCUT2D eigenvalue weighted by atomic mass is 35.5. The summed E-state index contributed by atoms with van der Waals surface area (Å²) in [6, 6.07) is 8.20. The predicted octanol–water partition coefficient (Wildman–Crippen LogP) is 2.59. The summed E-state index contributed by atoms with van der Waals surface area (Å²) in [5.74, 6) is -0.292. The normalized spacial score (nSPS) is 14.7. The molecule has 0 aliphatic heterocycles. The van der Waals surface area contributed by atoms with Gasteiger partial charge in [0.1, 0.15) is 5.88 Å². The Kier molecular flexibility index (Phi) is 6.14. The summed E-state index contributed by atoms with van der Waals surface area (Å²) in [4.78, 5) is 26.0. The third kappa shape index (κ3) is 4.36. The van der Waals surface area contributed by atoms with E-state index in [0.29, 0.717) is 19.1 Å². The predicted molar refractivity (Wildman–Crippen MR) is 102 cm³/mol. The summed E-state index contributed by atoms with van der Waals surface area (Å²) in [6.07, 6.45) is 4.74. The number of hydrogen-bond acceptors (Lipinski definition) is 3. The third-order valence-corrected chi connectivity index (χ3v) is 5.20. The van der Waals surface area contributed by atoms with E-state index in [2.05, 4.69) is 10.4 Å². The van der Waals surface area contributed by atoms with E-state index in [-0.39, 0.29) is 24.1 Å². The second-order valence-corrected chi connectivity index (χ2v) is 7.10. The SMILES string of the molecule is Cn1nc(CN(CCC(=O)NC2CCCC2)C(=O)CCl)c2ccccc21. The molecule has 1 heterocycles. The molecular weight excluding hydrogens is 352 g/mol. The second kappa shape index (κ2) is 8.54. The Hall–Kier alpha value is -2.08. The van der Waals surface area contributed by atoms with E-state index in [1.165, 1.54) is 12.8 Å². The summed E-state index contributed by atoms with van der Waals surface area (Å²) in [5, 5.41) is 8.61. The molecule has 2 aromatic rings. The maximum atomic E-state index is 12.2. The minimum absolute atomic E-state index is 0.00449. The van der Waals surface area contributed by atoms with Crippen LogP contribution in [0.2, 0.25) is 0 Å². The fraction of sp³-hybridized carbons (Fsp3) is 0.526. The van der Waals surface area contributed by atoms with Gasteiger partial charge in [-0.15, -0.1) is 11.6 Å². The molecule has 1 fully saturated rings. The van der Waals surface area contributed by atoms with Gasteiger partial charge in [-0.2, -0.15) is 5.10 Å². The summed E-state index contributed by atoms with van der Waals surface area (Å²) < 4.78 is 1.81. The number of amides is 2. The average molecular weight is 377 g/mol. The van der Waals surface area contributed by atoms with Crippen molar-refractivity contribution in [3.8, 4) is 0 Å². The van der Waals surface area contributed by atoms with Crippen LogP contribution in [0.1, 0.15) is 37.8 Å². The van der Waals surface area contributed by atoms with Gasteiger partial charge in [-0.1, -0.05) is 31.0 Å². The molecule has 6 nitrogen and oxygen atoms in total. The number of nitrogens with one attached hydrogen (secondary N) is 1. The van der Waals surface area contributed by atoms with Crippen molar-refractivity contribution in [2.45, 2.75) is 44.7 Å². The Labute approximate surface area is 158 Å². The maximum Gasteiger partial charge on any atom is 0.237 e. The number of hydrogen-bond donors (Lipinski definition) is 1. The maximum absolute atomic E-state index is 12.2. The van der Waals surface area contributed by atoms with Crippen LogP contribution in [-0.2, 0) is 23.2 Å². The van der Waals surface area contributed by atoms with E-state index in [1.807, 2.05) is 31.3 Å². The Balaban J connectivity index is 1.65. The molecule has 1 N–H and O–H groups in total. The molecule has 0 spiro atoms. The molecule has 0 radical (unpaired) electrons. The Morgan fingerprint density at radius 2 is 2.04 bits per heavy atom. The third-order valence-electron chi connectivity index (χ3n) is 4.97. The smallest absolute Gasteiger partial charge is 0.237 e. The van der Waals surface area contributed by atoms with Crippen LogP contribution in [0.4, 0.5) is 0 Å². The Morgan fingerprint density at radius 1 is 1.31 bits per heavy atom. The zero-order valence-corrected chi connectivity index (χ0v) is 15.8. The van der Waals surface area contributed by atoms with E-state index in [4.69, 9.17) is 11.6 Å². The van der Waals surface area contributed by atoms with Gasteiger partial charge < -0.3 is 10.2 Å². The van der Waals surface area contributed by atoms with Gasteiger partial charge in [0.15, 0.2) is 0 Å². The topological polar surface area (TPSA) is 67.2 Å². The van der Waals surface area contributed by atoms with Crippen molar-refractivity contribution >= 4 is 34.3 Å². The molecule has 1 saturated carbocycles. The average Bonchev–Trinajstić information content (AvgIpc) is 3.26. The van der Waals surface area contributed by atoms with Crippen LogP contribution < -0.4 is 5.32 Å². The van der Waals surface area contributed by atoms with Crippen molar-refractivity contribution in [3.63, 3.8) is 0 Å². The molecule has 0 unspecified atom stereocenters. The molecule has 1 aliphatic rings. The fourth-order valence-corrected chi connectivity index (χ4v) is 3.74. The lowest BCUT2D eigenvalue weighted by atomic mass is 10.2. The molecule has 1 aliphatic carbocycles. The number of aromatic nitrogens is 2. The zero-order chi connectivity index (χ0) is 18.5. The van der Waals surface area contributed by atoms with Crippen molar-refractivity contribution in [2.75, 3.05) is 12.4 Å². The first-order chi connectivity index (χ1) is 12.6. The molecule has 3 rings (SSSR count). The molecule has 140 valence electrons. The van der Waals surface area contributed by atoms with Gasteiger partial charge in [-0.25, -0.2) is 0 Å². The molecule has 0 saturated heterocycles. The lowest BCUT2D eigenvalue weighted by molar-refractivity contribution is -0.130. The first-order valence-corrected chi connectivity index (χ1v) is 9.65. The number of carbonyl (C=O) groups excluding carboxylic acids is 2. The highest BCUT2D eigenvalue weighted by Crippen LogP contribution is 2.20. The van der Waals surface area contributed by atoms with Gasteiger partial charge >= 0.3 is 0 Å².